The number of pyridine rings is 1. The van der Waals surface area contributed by atoms with Crippen LogP contribution in [0.15, 0.2) is 66.9 Å². The largest absolute Gasteiger partial charge is 0.496 e. The summed E-state index contributed by atoms with van der Waals surface area (Å²) < 4.78 is 5.22. The summed E-state index contributed by atoms with van der Waals surface area (Å²) in [5.41, 5.74) is 3.61. The van der Waals surface area contributed by atoms with Crippen LogP contribution in [-0.2, 0) is 0 Å². The van der Waals surface area contributed by atoms with E-state index in [1.54, 1.807) is 37.6 Å². The van der Waals surface area contributed by atoms with Gasteiger partial charge in [0.1, 0.15) is 11.6 Å². The minimum atomic E-state index is -0.259. The number of amides is 1. The highest BCUT2D eigenvalue weighted by molar-refractivity contribution is 6.05. The van der Waals surface area contributed by atoms with E-state index in [2.05, 4.69) is 41.6 Å². The third kappa shape index (κ3) is 4.64. The minimum Gasteiger partial charge on any atom is -0.496 e. The number of aromatic nitrogens is 1. The highest BCUT2D eigenvalue weighted by Crippen LogP contribution is 2.22. The number of nitrogens with zero attached hydrogens (tertiary/aromatic N) is 1. The van der Waals surface area contributed by atoms with E-state index in [-0.39, 0.29) is 5.91 Å². The lowest BCUT2D eigenvalue weighted by Crippen LogP contribution is -2.14. The first-order chi connectivity index (χ1) is 13.1. The van der Waals surface area contributed by atoms with Gasteiger partial charge in [-0.3, -0.25) is 4.79 Å². The van der Waals surface area contributed by atoms with E-state index >= 15 is 0 Å². The Kier molecular flexibility index (Phi) is 5.71. The van der Waals surface area contributed by atoms with Gasteiger partial charge in [-0.1, -0.05) is 38.1 Å². The first-order valence-corrected chi connectivity index (χ1v) is 8.84. The lowest BCUT2D eigenvalue weighted by molar-refractivity contribution is 0.102. The zero-order valence-electron chi connectivity index (χ0n) is 15.7. The molecule has 0 aliphatic carbocycles. The van der Waals surface area contributed by atoms with Crippen LogP contribution in [0.4, 0.5) is 17.2 Å². The summed E-state index contributed by atoms with van der Waals surface area (Å²) in [7, 11) is 1.54. The fourth-order valence-corrected chi connectivity index (χ4v) is 2.68. The maximum absolute atomic E-state index is 12.4. The fourth-order valence-electron chi connectivity index (χ4n) is 2.68. The SMILES string of the molecule is COc1ccccc1C(=O)Nc1ccc(Nc2ccc(C(C)C)cc2)cn1. The lowest BCUT2D eigenvalue weighted by atomic mass is 10.0. The third-order valence-electron chi connectivity index (χ3n) is 4.22. The predicted molar refractivity (Wildman–Crippen MR) is 109 cm³/mol. The van der Waals surface area contributed by atoms with Crippen molar-refractivity contribution in [3.05, 3.63) is 78.0 Å². The van der Waals surface area contributed by atoms with Crippen molar-refractivity contribution in [2.24, 2.45) is 0 Å². The second-order valence-corrected chi connectivity index (χ2v) is 6.49. The van der Waals surface area contributed by atoms with Crippen LogP contribution in [0.1, 0.15) is 35.7 Å². The summed E-state index contributed by atoms with van der Waals surface area (Å²) in [5, 5.41) is 6.09. The Labute approximate surface area is 159 Å². The summed E-state index contributed by atoms with van der Waals surface area (Å²) in [6, 6.07) is 19.0. The lowest BCUT2D eigenvalue weighted by Gasteiger charge is -2.11. The molecule has 2 N–H and O–H groups in total. The molecule has 0 radical (unpaired) electrons. The Hall–Kier alpha value is -3.34. The average molecular weight is 361 g/mol. The molecule has 0 aliphatic heterocycles. The monoisotopic (exact) mass is 361 g/mol. The van der Waals surface area contributed by atoms with E-state index in [1.165, 1.54) is 5.56 Å². The second kappa shape index (κ2) is 8.36. The standard InChI is InChI=1S/C22H23N3O2/c1-15(2)16-8-10-17(11-9-16)24-18-12-13-21(23-14-18)25-22(26)19-6-4-5-7-20(19)27-3/h4-15,24H,1-3H3,(H,23,25,26). The quantitative estimate of drug-likeness (QED) is 0.633. The number of hydrogen-bond donors (Lipinski definition) is 2. The van der Waals surface area contributed by atoms with E-state index in [9.17, 15) is 4.79 Å². The summed E-state index contributed by atoms with van der Waals surface area (Å²) in [6.07, 6.45) is 1.69. The van der Waals surface area contributed by atoms with Crippen molar-refractivity contribution in [1.29, 1.82) is 0 Å². The number of carbonyl (C=O) groups excluding carboxylic acids is 1. The smallest absolute Gasteiger partial charge is 0.260 e. The van der Waals surface area contributed by atoms with Crippen molar-refractivity contribution < 1.29 is 9.53 Å². The molecule has 138 valence electrons. The van der Waals surface area contributed by atoms with Gasteiger partial charge >= 0.3 is 0 Å². The van der Waals surface area contributed by atoms with Crippen molar-refractivity contribution in [3.63, 3.8) is 0 Å². The molecule has 1 amide bonds. The molecular weight excluding hydrogens is 338 g/mol. The Balaban J connectivity index is 1.65. The Morgan fingerprint density at radius 2 is 1.67 bits per heavy atom. The van der Waals surface area contributed by atoms with Gasteiger partial charge < -0.3 is 15.4 Å². The molecule has 0 atom stereocenters. The van der Waals surface area contributed by atoms with Crippen molar-refractivity contribution in [1.82, 2.24) is 4.98 Å². The number of ether oxygens (including phenoxy) is 1. The van der Waals surface area contributed by atoms with Crippen LogP contribution in [0.5, 0.6) is 5.75 Å². The molecule has 0 spiro atoms. The van der Waals surface area contributed by atoms with Crippen molar-refractivity contribution >= 4 is 23.1 Å². The van der Waals surface area contributed by atoms with Crippen molar-refractivity contribution in [2.45, 2.75) is 19.8 Å². The average Bonchev–Trinajstić information content (AvgIpc) is 2.69. The minimum absolute atomic E-state index is 0.259. The van der Waals surface area contributed by atoms with E-state index in [1.807, 2.05) is 24.3 Å². The van der Waals surface area contributed by atoms with Gasteiger partial charge in [-0.15, -0.1) is 0 Å². The summed E-state index contributed by atoms with van der Waals surface area (Å²) in [6.45, 7) is 4.34. The highest BCUT2D eigenvalue weighted by Gasteiger charge is 2.12. The molecule has 2 aromatic carbocycles. The van der Waals surface area contributed by atoms with Crippen LogP contribution < -0.4 is 15.4 Å². The molecule has 0 aliphatic rings. The highest BCUT2D eigenvalue weighted by atomic mass is 16.5. The van der Waals surface area contributed by atoms with Crippen molar-refractivity contribution in [2.75, 3.05) is 17.7 Å². The topological polar surface area (TPSA) is 63.2 Å². The number of carbonyl (C=O) groups is 1. The van der Waals surface area contributed by atoms with Gasteiger partial charge in [0.15, 0.2) is 0 Å². The molecular formula is C22H23N3O2. The third-order valence-corrected chi connectivity index (χ3v) is 4.22. The molecule has 5 heteroatoms. The molecule has 27 heavy (non-hydrogen) atoms. The van der Waals surface area contributed by atoms with E-state index in [4.69, 9.17) is 4.74 Å². The number of benzene rings is 2. The molecule has 1 heterocycles. The van der Waals surface area contributed by atoms with Crippen LogP contribution in [0.3, 0.4) is 0 Å². The Morgan fingerprint density at radius 3 is 2.30 bits per heavy atom. The molecule has 3 rings (SSSR count). The van der Waals surface area contributed by atoms with Crippen molar-refractivity contribution in [3.8, 4) is 5.75 Å². The molecule has 0 unspecified atom stereocenters. The van der Waals surface area contributed by atoms with Gasteiger partial charge in [0, 0.05) is 5.69 Å². The molecule has 0 saturated carbocycles. The summed E-state index contributed by atoms with van der Waals surface area (Å²) in [4.78, 5) is 16.7. The van der Waals surface area contributed by atoms with Gasteiger partial charge in [0.2, 0.25) is 0 Å². The van der Waals surface area contributed by atoms with Gasteiger partial charge in [-0.2, -0.15) is 0 Å². The number of anilines is 3. The van der Waals surface area contributed by atoms with Gasteiger partial charge in [-0.05, 0) is 47.9 Å². The van der Waals surface area contributed by atoms with Gasteiger partial charge in [0.05, 0.1) is 24.6 Å². The van der Waals surface area contributed by atoms with Gasteiger partial charge in [-0.25, -0.2) is 4.98 Å². The van der Waals surface area contributed by atoms with Gasteiger partial charge in [0.25, 0.3) is 5.91 Å². The summed E-state index contributed by atoms with van der Waals surface area (Å²) in [5.74, 6) is 1.25. The molecule has 0 bridgehead atoms. The van der Waals surface area contributed by atoms with E-state index in [0.29, 0.717) is 23.0 Å². The fraction of sp³-hybridized carbons (Fsp3) is 0.182. The number of hydrogen-bond acceptors (Lipinski definition) is 4. The maximum Gasteiger partial charge on any atom is 0.260 e. The molecule has 0 fully saturated rings. The number of rotatable bonds is 6. The van der Waals surface area contributed by atoms with Crippen LogP contribution in [-0.4, -0.2) is 18.0 Å². The molecule has 0 saturated heterocycles. The van der Waals surface area contributed by atoms with E-state index < -0.39 is 0 Å². The van der Waals surface area contributed by atoms with Crippen LogP contribution in [0.25, 0.3) is 0 Å². The maximum atomic E-state index is 12.4. The second-order valence-electron chi connectivity index (χ2n) is 6.49. The molecule has 5 nitrogen and oxygen atoms in total. The predicted octanol–water partition coefficient (Wildman–Crippen LogP) is 5.21. The Morgan fingerprint density at radius 1 is 0.963 bits per heavy atom. The first-order valence-electron chi connectivity index (χ1n) is 8.84. The van der Waals surface area contributed by atoms with E-state index in [0.717, 1.165) is 11.4 Å². The first kappa shape index (κ1) is 18.5. The zero-order chi connectivity index (χ0) is 19.2. The van der Waals surface area contributed by atoms with Crippen LogP contribution >= 0.6 is 0 Å². The Bertz CT molecular complexity index is 904. The molecule has 1 aromatic heterocycles. The number of nitrogens with one attached hydrogen (secondary N) is 2. The normalized spacial score (nSPS) is 10.5. The van der Waals surface area contributed by atoms with Crippen LogP contribution in [0.2, 0.25) is 0 Å². The zero-order valence-corrected chi connectivity index (χ0v) is 15.7. The molecule has 3 aromatic rings. The van der Waals surface area contributed by atoms with Crippen LogP contribution in [0, 0.1) is 0 Å². The summed E-state index contributed by atoms with van der Waals surface area (Å²) >= 11 is 0. The number of para-hydroxylation sites is 1. The number of methoxy groups -OCH3 is 1.